The maximum Gasteiger partial charge on any atom is 0.262 e. The fourth-order valence-corrected chi connectivity index (χ4v) is 3.72. The van der Waals surface area contributed by atoms with Gasteiger partial charge in [0.15, 0.2) is 0 Å². The zero-order chi connectivity index (χ0) is 15.2. The van der Waals surface area contributed by atoms with Gasteiger partial charge >= 0.3 is 0 Å². The second kappa shape index (κ2) is 7.78. The SMILES string of the molecule is CCN(CC)CCCNC(=O)c1sc2ccccc2c1Cl. The molecule has 0 bridgehead atoms. The highest BCUT2D eigenvalue weighted by atomic mass is 35.5. The monoisotopic (exact) mass is 324 g/mol. The second-order valence-electron chi connectivity index (χ2n) is 4.88. The van der Waals surface area contributed by atoms with Crippen LogP contribution in [0.2, 0.25) is 5.02 Å². The molecule has 0 aliphatic carbocycles. The van der Waals surface area contributed by atoms with Crippen molar-refractivity contribution in [1.82, 2.24) is 10.2 Å². The Morgan fingerprint density at radius 3 is 2.67 bits per heavy atom. The topological polar surface area (TPSA) is 32.3 Å². The molecule has 1 amide bonds. The van der Waals surface area contributed by atoms with Gasteiger partial charge in [0.25, 0.3) is 5.91 Å². The summed E-state index contributed by atoms with van der Waals surface area (Å²) < 4.78 is 1.05. The van der Waals surface area contributed by atoms with E-state index in [2.05, 4.69) is 24.1 Å². The van der Waals surface area contributed by atoms with Gasteiger partial charge in [-0.2, -0.15) is 0 Å². The van der Waals surface area contributed by atoms with Crippen LogP contribution in [0.1, 0.15) is 29.9 Å². The average molecular weight is 325 g/mol. The molecule has 114 valence electrons. The van der Waals surface area contributed by atoms with Crippen molar-refractivity contribution in [2.24, 2.45) is 0 Å². The Bertz CT molecular complexity index is 607. The fraction of sp³-hybridized carbons (Fsp3) is 0.438. The van der Waals surface area contributed by atoms with E-state index in [0.29, 0.717) is 16.4 Å². The maximum atomic E-state index is 12.2. The van der Waals surface area contributed by atoms with Gasteiger partial charge in [0.2, 0.25) is 0 Å². The van der Waals surface area contributed by atoms with Gasteiger partial charge < -0.3 is 10.2 Å². The van der Waals surface area contributed by atoms with Crippen molar-refractivity contribution in [3.8, 4) is 0 Å². The Kier molecular flexibility index (Phi) is 6.03. The lowest BCUT2D eigenvalue weighted by molar-refractivity contribution is 0.0956. The van der Waals surface area contributed by atoms with Gasteiger partial charge in [-0.3, -0.25) is 4.79 Å². The number of halogens is 1. The fourth-order valence-electron chi connectivity index (χ4n) is 2.28. The molecule has 2 aromatic rings. The third-order valence-electron chi connectivity index (χ3n) is 3.57. The van der Waals surface area contributed by atoms with Crippen LogP contribution in [-0.2, 0) is 0 Å². The lowest BCUT2D eigenvalue weighted by Crippen LogP contribution is -2.29. The minimum Gasteiger partial charge on any atom is -0.351 e. The molecule has 0 radical (unpaired) electrons. The molecule has 0 aliphatic heterocycles. The van der Waals surface area contributed by atoms with Crippen LogP contribution < -0.4 is 5.32 Å². The van der Waals surface area contributed by atoms with E-state index in [0.717, 1.165) is 36.1 Å². The summed E-state index contributed by atoms with van der Waals surface area (Å²) in [4.78, 5) is 15.2. The van der Waals surface area contributed by atoms with Gasteiger partial charge in [0, 0.05) is 16.6 Å². The van der Waals surface area contributed by atoms with Crippen LogP contribution in [-0.4, -0.2) is 37.0 Å². The van der Waals surface area contributed by atoms with Crippen LogP contribution in [0.15, 0.2) is 24.3 Å². The molecule has 3 nitrogen and oxygen atoms in total. The molecule has 0 atom stereocenters. The number of nitrogens with zero attached hydrogens (tertiary/aromatic N) is 1. The molecular weight excluding hydrogens is 304 g/mol. The zero-order valence-electron chi connectivity index (χ0n) is 12.5. The Morgan fingerprint density at radius 1 is 1.29 bits per heavy atom. The van der Waals surface area contributed by atoms with Crippen LogP contribution in [0.25, 0.3) is 10.1 Å². The molecule has 1 aromatic heterocycles. The summed E-state index contributed by atoms with van der Waals surface area (Å²) in [5.74, 6) is -0.0688. The van der Waals surface area contributed by atoms with Crippen molar-refractivity contribution in [2.45, 2.75) is 20.3 Å². The number of nitrogens with one attached hydrogen (secondary N) is 1. The van der Waals surface area contributed by atoms with E-state index in [-0.39, 0.29) is 5.91 Å². The van der Waals surface area contributed by atoms with Gasteiger partial charge in [0.05, 0.1) is 5.02 Å². The first kappa shape index (κ1) is 16.3. The lowest BCUT2D eigenvalue weighted by Gasteiger charge is -2.17. The van der Waals surface area contributed by atoms with Crippen molar-refractivity contribution in [3.63, 3.8) is 0 Å². The van der Waals surface area contributed by atoms with Crippen LogP contribution >= 0.6 is 22.9 Å². The number of hydrogen-bond acceptors (Lipinski definition) is 3. The molecule has 1 aromatic carbocycles. The van der Waals surface area contributed by atoms with Gasteiger partial charge in [0.1, 0.15) is 4.88 Å². The molecule has 0 aliphatic rings. The lowest BCUT2D eigenvalue weighted by atomic mass is 10.2. The summed E-state index contributed by atoms with van der Waals surface area (Å²) in [5, 5.41) is 4.49. The third-order valence-corrected chi connectivity index (χ3v) is 5.25. The summed E-state index contributed by atoms with van der Waals surface area (Å²) in [5.41, 5.74) is 0. The quantitative estimate of drug-likeness (QED) is 0.780. The normalized spacial score (nSPS) is 11.2. The number of carbonyl (C=O) groups excluding carboxylic acids is 1. The molecule has 1 N–H and O–H groups in total. The first-order chi connectivity index (χ1) is 10.2. The minimum atomic E-state index is -0.0688. The third kappa shape index (κ3) is 3.96. The van der Waals surface area contributed by atoms with E-state index in [1.807, 2.05) is 24.3 Å². The molecule has 21 heavy (non-hydrogen) atoms. The Morgan fingerprint density at radius 2 is 2.00 bits per heavy atom. The van der Waals surface area contributed by atoms with Crippen molar-refractivity contribution in [1.29, 1.82) is 0 Å². The van der Waals surface area contributed by atoms with E-state index in [1.165, 1.54) is 11.3 Å². The second-order valence-corrected chi connectivity index (χ2v) is 6.31. The van der Waals surface area contributed by atoms with E-state index in [1.54, 1.807) is 0 Å². The number of amides is 1. The molecule has 5 heteroatoms. The first-order valence-electron chi connectivity index (χ1n) is 7.35. The maximum absolute atomic E-state index is 12.2. The molecule has 0 spiro atoms. The van der Waals surface area contributed by atoms with Crippen LogP contribution in [0.4, 0.5) is 0 Å². The summed E-state index contributed by atoms with van der Waals surface area (Å²) in [6.07, 6.45) is 0.954. The van der Waals surface area contributed by atoms with Crippen LogP contribution in [0.5, 0.6) is 0 Å². The van der Waals surface area contributed by atoms with Crippen molar-refractivity contribution < 1.29 is 4.79 Å². The number of carbonyl (C=O) groups is 1. The van der Waals surface area contributed by atoms with Gasteiger partial charge in [-0.25, -0.2) is 0 Å². The van der Waals surface area contributed by atoms with Crippen LogP contribution in [0, 0.1) is 0 Å². The Hall–Kier alpha value is -1.10. The van der Waals surface area contributed by atoms with Crippen molar-refractivity contribution >= 4 is 38.9 Å². The molecule has 0 unspecified atom stereocenters. The van der Waals surface area contributed by atoms with Gasteiger partial charge in [-0.15, -0.1) is 11.3 Å². The number of rotatable bonds is 7. The predicted octanol–water partition coefficient (Wildman–Crippen LogP) is 4.02. The Balaban J connectivity index is 1.92. The predicted molar refractivity (Wildman–Crippen MR) is 91.6 cm³/mol. The van der Waals surface area contributed by atoms with Crippen molar-refractivity contribution in [3.05, 3.63) is 34.2 Å². The standard InChI is InChI=1S/C16H21ClN2OS/c1-3-19(4-2)11-7-10-18-16(20)15-14(17)12-8-5-6-9-13(12)21-15/h5-6,8-9H,3-4,7,10-11H2,1-2H3,(H,18,20). The van der Waals surface area contributed by atoms with Gasteiger partial charge in [-0.1, -0.05) is 43.6 Å². The average Bonchev–Trinajstić information content (AvgIpc) is 2.85. The van der Waals surface area contributed by atoms with Crippen molar-refractivity contribution in [2.75, 3.05) is 26.2 Å². The highest BCUT2D eigenvalue weighted by Gasteiger charge is 2.16. The largest absolute Gasteiger partial charge is 0.351 e. The van der Waals surface area contributed by atoms with E-state index < -0.39 is 0 Å². The number of hydrogen-bond donors (Lipinski definition) is 1. The molecule has 0 fully saturated rings. The zero-order valence-corrected chi connectivity index (χ0v) is 14.1. The summed E-state index contributed by atoms with van der Waals surface area (Å²) in [6.45, 7) is 8.09. The van der Waals surface area contributed by atoms with Gasteiger partial charge in [-0.05, 0) is 32.1 Å². The number of thiophene rings is 1. The minimum absolute atomic E-state index is 0.0688. The molecule has 0 saturated carbocycles. The van der Waals surface area contributed by atoms with Crippen LogP contribution in [0.3, 0.4) is 0 Å². The smallest absolute Gasteiger partial charge is 0.262 e. The molecule has 1 heterocycles. The molecule has 2 rings (SSSR count). The summed E-state index contributed by atoms with van der Waals surface area (Å²) >= 11 is 7.75. The highest BCUT2D eigenvalue weighted by Crippen LogP contribution is 2.34. The van der Waals surface area contributed by atoms with E-state index in [4.69, 9.17) is 11.6 Å². The highest BCUT2D eigenvalue weighted by molar-refractivity contribution is 7.21. The molecular formula is C16H21ClN2OS. The number of fused-ring (bicyclic) bond motifs is 1. The van der Waals surface area contributed by atoms with E-state index in [9.17, 15) is 4.79 Å². The first-order valence-corrected chi connectivity index (χ1v) is 8.54. The summed E-state index contributed by atoms with van der Waals surface area (Å²) in [7, 11) is 0. The number of benzene rings is 1. The van der Waals surface area contributed by atoms with E-state index >= 15 is 0 Å². The molecule has 0 saturated heterocycles. The summed E-state index contributed by atoms with van der Waals surface area (Å²) in [6, 6.07) is 7.84. The Labute approximate surface area is 134 Å².